The van der Waals surface area contributed by atoms with Gasteiger partial charge in [0.2, 0.25) is 0 Å². The largest absolute Gasteiger partial charge is 0.329 e. The first-order chi connectivity index (χ1) is 10.2. The second-order valence-corrected chi connectivity index (χ2v) is 5.14. The fraction of sp³-hybridized carbons (Fsp3) is 0.235. The molecule has 0 atom stereocenters. The number of aryl methyl sites for hydroxylation is 1. The highest BCUT2D eigenvalue weighted by atomic mass is 19.1. The second kappa shape index (κ2) is 5.56. The maximum absolute atomic E-state index is 13.3. The molecule has 3 nitrogen and oxygen atoms in total. The van der Waals surface area contributed by atoms with Crippen LogP contribution in [0.25, 0.3) is 11.0 Å². The molecule has 0 fully saturated rings. The topological polar surface area (TPSA) is 26.9 Å². The van der Waals surface area contributed by atoms with Gasteiger partial charge in [-0.15, -0.1) is 0 Å². The van der Waals surface area contributed by atoms with Gasteiger partial charge in [-0.25, -0.2) is 9.18 Å². The highest BCUT2D eigenvalue weighted by Crippen LogP contribution is 2.15. The lowest BCUT2D eigenvalue weighted by molar-refractivity contribution is 0.618. The molecule has 0 saturated heterocycles. The molecule has 1 aromatic heterocycles. The van der Waals surface area contributed by atoms with E-state index >= 15 is 0 Å². The van der Waals surface area contributed by atoms with Crippen LogP contribution >= 0.6 is 0 Å². The highest BCUT2D eigenvalue weighted by Gasteiger charge is 2.12. The minimum atomic E-state index is -0.280. The van der Waals surface area contributed by atoms with E-state index in [-0.39, 0.29) is 11.5 Å². The van der Waals surface area contributed by atoms with Crippen LogP contribution in [0, 0.1) is 5.82 Å². The molecule has 0 radical (unpaired) electrons. The molecule has 1 heterocycles. The quantitative estimate of drug-likeness (QED) is 0.721. The van der Waals surface area contributed by atoms with E-state index in [1.807, 2.05) is 37.3 Å². The zero-order chi connectivity index (χ0) is 14.8. The molecule has 0 spiro atoms. The summed E-state index contributed by atoms with van der Waals surface area (Å²) in [6, 6.07) is 14.1. The van der Waals surface area contributed by atoms with Crippen molar-refractivity contribution in [3.63, 3.8) is 0 Å². The Morgan fingerprint density at radius 3 is 2.38 bits per heavy atom. The lowest BCUT2D eigenvalue weighted by Gasteiger charge is -2.03. The summed E-state index contributed by atoms with van der Waals surface area (Å²) in [5, 5.41) is 0. The molecular weight excluding hydrogens is 267 g/mol. The summed E-state index contributed by atoms with van der Waals surface area (Å²) in [6.45, 7) is 3.12. The van der Waals surface area contributed by atoms with Crippen LogP contribution in [0.1, 0.15) is 18.9 Å². The van der Waals surface area contributed by atoms with E-state index < -0.39 is 0 Å². The number of hydrogen-bond donors (Lipinski definition) is 0. The van der Waals surface area contributed by atoms with Crippen LogP contribution in [0.5, 0.6) is 0 Å². The van der Waals surface area contributed by atoms with E-state index in [1.165, 1.54) is 12.1 Å². The molecule has 0 aliphatic carbocycles. The third-order valence-electron chi connectivity index (χ3n) is 3.60. The molecule has 0 bridgehead atoms. The Balaban J connectivity index is 2.14. The lowest BCUT2D eigenvalue weighted by Crippen LogP contribution is -2.24. The number of halogens is 1. The number of nitrogens with zero attached hydrogens (tertiary/aromatic N) is 2. The van der Waals surface area contributed by atoms with Crippen molar-refractivity contribution in [3.05, 3.63) is 70.4 Å². The van der Waals surface area contributed by atoms with Gasteiger partial charge in [-0.1, -0.05) is 31.2 Å². The summed E-state index contributed by atoms with van der Waals surface area (Å²) in [7, 11) is 0. The fourth-order valence-corrected chi connectivity index (χ4v) is 2.68. The highest BCUT2D eigenvalue weighted by molar-refractivity contribution is 5.76. The van der Waals surface area contributed by atoms with Gasteiger partial charge < -0.3 is 0 Å². The normalized spacial score (nSPS) is 11.1. The molecule has 0 aliphatic rings. The van der Waals surface area contributed by atoms with Gasteiger partial charge >= 0.3 is 5.69 Å². The predicted molar refractivity (Wildman–Crippen MR) is 82.0 cm³/mol. The van der Waals surface area contributed by atoms with E-state index in [0.717, 1.165) is 23.0 Å². The first-order valence-corrected chi connectivity index (χ1v) is 7.13. The number of imidazole rings is 1. The van der Waals surface area contributed by atoms with E-state index in [0.29, 0.717) is 13.1 Å². The van der Waals surface area contributed by atoms with Crippen molar-refractivity contribution >= 4 is 11.0 Å². The maximum Gasteiger partial charge on any atom is 0.329 e. The summed E-state index contributed by atoms with van der Waals surface area (Å²) >= 11 is 0. The third-order valence-corrected chi connectivity index (χ3v) is 3.60. The molecule has 3 rings (SSSR count). The molecule has 4 heteroatoms. The summed E-state index contributed by atoms with van der Waals surface area (Å²) < 4.78 is 16.8. The zero-order valence-electron chi connectivity index (χ0n) is 11.9. The fourth-order valence-electron chi connectivity index (χ4n) is 2.68. The number of benzene rings is 2. The Bertz CT molecular complexity index is 832. The van der Waals surface area contributed by atoms with Crippen molar-refractivity contribution in [2.24, 2.45) is 0 Å². The summed E-state index contributed by atoms with van der Waals surface area (Å²) in [6.07, 6.45) is 0.897. The minimum absolute atomic E-state index is 0.0395. The van der Waals surface area contributed by atoms with Crippen LogP contribution in [0.2, 0.25) is 0 Å². The Kier molecular flexibility index (Phi) is 3.60. The number of rotatable bonds is 4. The number of para-hydroxylation sites is 2. The number of hydrogen-bond acceptors (Lipinski definition) is 1. The molecule has 3 aromatic rings. The summed E-state index contributed by atoms with van der Waals surface area (Å²) in [5.74, 6) is -0.280. The van der Waals surface area contributed by atoms with Crippen LogP contribution in [0.3, 0.4) is 0 Å². The molecule has 0 aliphatic heterocycles. The van der Waals surface area contributed by atoms with E-state index in [2.05, 4.69) is 0 Å². The van der Waals surface area contributed by atoms with E-state index in [1.54, 1.807) is 15.2 Å². The van der Waals surface area contributed by atoms with Crippen molar-refractivity contribution < 1.29 is 4.39 Å². The molecule has 0 unspecified atom stereocenters. The van der Waals surface area contributed by atoms with Crippen LogP contribution in [-0.2, 0) is 13.1 Å². The monoisotopic (exact) mass is 284 g/mol. The first-order valence-electron chi connectivity index (χ1n) is 7.13. The Labute approximate surface area is 122 Å². The van der Waals surface area contributed by atoms with Gasteiger partial charge in [0.1, 0.15) is 5.82 Å². The lowest BCUT2D eigenvalue weighted by atomic mass is 10.2. The summed E-state index contributed by atoms with van der Waals surface area (Å²) in [5.41, 5.74) is 2.57. The van der Waals surface area contributed by atoms with E-state index in [9.17, 15) is 9.18 Å². The van der Waals surface area contributed by atoms with Gasteiger partial charge in [0.25, 0.3) is 0 Å². The Morgan fingerprint density at radius 2 is 1.71 bits per heavy atom. The SMILES string of the molecule is CCCn1c(=O)n(Cc2cccc(F)c2)c2ccccc21. The van der Waals surface area contributed by atoms with Crippen molar-refractivity contribution in [1.29, 1.82) is 0 Å². The van der Waals surface area contributed by atoms with Crippen LogP contribution < -0.4 is 5.69 Å². The molecule has 0 N–H and O–H groups in total. The number of fused-ring (bicyclic) bond motifs is 1. The molecule has 2 aromatic carbocycles. The van der Waals surface area contributed by atoms with Crippen LogP contribution in [0.4, 0.5) is 4.39 Å². The molecular formula is C17H17FN2O. The maximum atomic E-state index is 13.3. The average molecular weight is 284 g/mol. The smallest absolute Gasteiger partial charge is 0.292 e. The molecule has 0 amide bonds. The second-order valence-electron chi connectivity index (χ2n) is 5.14. The predicted octanol–water partition coefficient (Wildman–Crippen LogP) is 3.40. The van der Waals surface area contributed by atoms with Gasteiger partial charge in [-0.3, -0.25) is 9.13 Å². The third kappa shape index (κ3) is 2.49. The first kappa shape index (κ1) is 13.6. The molecule has 0 saturated carbocycles. The van der Waals surface area contributed by atoms with Crippen LogP contribution in [0.15, 0.2) is 53.3 Å². The van der Waals surface area contributed by atoms with Gasteiger partial charge in [0.15, 0.2) is 0 Å². The number of aromatic nitrogens is 2. The van der Waals surface area contributed by atoms with Crippen molar-refractivity contribution in [1.82, 2.24) is 9.13 Å². The van der Waals surface area contributed by atoms with Crippen molar-refractivity contribution in [3.8, 4) is 0 Å². The Morgan fingerprint density at radius 1 is 1.00 bits per heavy atom. The van der Waals surface area contributed by atoms with E-state index in [4.69, 9.17) is 0 Å². The van der Waals surface area contributed by atoms with Gasteiger partial charge in [-0.05, 0) is 36.2 Å². The molecule has 108 valence electrons. The summed E-state index contributed by atoms with van der Waals surface area (Å²) in [4.78, 5) is 12.6. The minimum Gasteiger partial charge on any atom is -0.292 e. The Hall–Kier alpha value is -2.36. The van der Waals surface area contributed by atoms with Crippen molar-refractivity contribution in [2.45, 2.75) is 26.4 Å². The molecule has 21 heavy (non-hydrogen) atoms. The standard InChI is InChI=1S/C17H17FN2O/c1-2-10-19-15-8-3-4-9-16(15)20(17(19)21)12-13-6-5-7-14(18)11-13/h3-9,11H,2,10,12H2,1H3. The van der Waals surface area contributed by atoms with Crippen molar-refractivity contribution in [2.75, 3.05) is 0 Å². The van der Waals surface area contributed by atoms with Gasteiger partial charge in [-0.2, -0.15) is 0 Å². The van der Waals surface area contributed by atoms with Gasteiger partial charge in [0, 0.05) is 6.54 Å². The zero-order valence-corrected chi connectivity index (χ0v) is 11.9. The van der Waals surface area contributed by atoms with Gasteiger partial charge in [0.05, 0.1) is 17.6 Å². The van der Waals surface area contributed by atoms with Crippen LogP contribution in [-0.4, -0.2) is 9.13 Å². The average Bonchev–Trinajstić information content (AvgIpc) is 2.74.